The molecule has 0 bridgehead atoms. The van der Waals surface area contributed by atoms with E-state index >= 15 is 0 Å². The molecule has 2 aromatic rings. The van der Waals surface area contributed by atoms with Crippen LogP contribution in [0.2, 0.25) is 5.02 Å². The molecule has 112 valence electrons. The van der Waals surface area contributed by atoms with E-state index in [2.05, 4.69) is 4.72 Å². The molecule has 0 aliphatic rings. The van der Waals surface area contributed by atoms with Gasteiger partial charge in [0.25, 0.3) is 10.0 Å². The van der Waals surface area contributed by atoms with Gasteiger partial charge in [-0.3, -0.25) is 4.72 Å². The van der Waals surface area contributed by atoms with Crippen molar-refractivity contribution >= 4 is 55.9 Å². The Bertz CT molecular complexity index is 787. The van der Waals surface area contributed by atoms with Crippen molar-refractivity contribution in [3.63, 3.8) is 0 Å². The second-order valence-electron chi connectivity index (χ2n) is 3.94. The Kier molecular flexibility index (Phi) is 4.72. The number of thiocarbonyl (C=S) groups is 1. The zero-order valence-electron chi connectivity index (χ0n) is 10.8. The molecule has 0 saturated carbocycles. The van der Waals surface area contributed by atoms with Crippen LogP contribution in [0.4, 0.5) is 5.69 Å². The summed E-state index contributed by atoms with van der Waals surface area (Å²) in [6.07, 6.45) is 0. The van der Waals surface area contributed by atoms with E-state index < -0.39 is 10.0 Å². The molecule has 0 radical (unpaired) electrons. The molecule has 0 aliphatic carbocycles. The van der Waals surface area contributed by atoms with Crippen LogP contribution in [0.3, 0.4) is 0 Å². The molecule has 3 N–H and O–H groups in total. The van der Waals surface area contributed by atoms with Crippen LogP contribution in [0.15, 0.2) is 34.5 Å². The quantitative estimate of drug-likeness (QED) is 0.799. The van der Waals surface area contributed by atoms with Gasteiger partial charge in [-0.25, -0.2) is 8.42 Å². The van der Waals surface area contributed by atoms with Crippen molar-refractivity contribution in [1.29, 1.82) is 0 Å². The first-order valence-corrected chi connectivity index (χ1v) is 8.68. The number of sulfonamides is 1. The van der Waals surface area contributed by atoms with Crippen molar-refractivity contribution in [3.05, 3.63) is 40.2 Å². The lowest BCUT2D eigenvalue weighted by molar-refractivity contribution is 0.415. The van der Waals surface area contributed by atoms with Gasteiger partial charge in [0.2, 0.25) is 0 Å². The lowest BCUT2D eigenvalue weighted by atomic mass is 10.3. The summed E-state index contributed by atoms with van der Waals surface area (Å²) in [6.45, 7) is 0. The second kappa shape index (κ2) is 6.18. The van der Waals surface area contributed by atoms with E-state index in [1.54, 1.807) is 18.2 Å². The minimum Gasteiger partial charge on any atom is -0.495 e. The highest BCUT2D eigenvalue weighted by atomic mass is 35.5. The molecule has 1 aromatic carbocycles. The van der Waals surface area contributed by atoms with Crippen LogP contribution in [0.25, 0.3) is 0 Å². The number of nitrogens with one attached hydrogen (secondary N) is 1. The Hall–Kier alpha value is -1.35. The van der Waals surface area contributed by atoms with E-state index in [9.17, 15) is 8.42 Å². The van der Waals surface area contributed by atoms with Crippen LogP contribution in [0.5, 0.6) is 5.75 Å². The molecule has 0 saturated heterocycles. The summed E-state index contributed by atoms with van der Waals surface area (Å²) < 4.78 is 32.1. The summed E-state index contributed by atoms with van der Waals surface area (Å²) >= 11 is 11.8. The Balaban J connectivity index is 2.28. The number of thiophene rings is 1. The molecule has 9 heteroatoms. The summed E-state index contributed by atoms with van der Waals surface area (Å²) in [5.41, 5.74) is 5.81. The van der Waals surface area contributed by atoms with Gasteiger partial charge >= 0.3 is 0 Å². The van der Waals surface area contributed by atoms with Crippen molar-refractivity contribution in [2.45, 2.75) is 4.21 Å². The first kappa shape index (κ1) is 16.0. The number of hydrogen-bond donors (Lipinski definition) is 2. The summed E-state index contributed by atoms with van der Waals surface area (Å²) in [5.74, 6) is 0.464. The van der Waals surface area contributed by atoms with Gasteiger partial charge in [-0.15, -0.1) is 11.3 Å². The predicted octanol–water partition coefficient (Wildman–Crippen LogP) is 2.85. The number of methoxy groups -OCH3 is 1. The molecule has 21 heavy (non-hydrogen) atoms. The van der Waals surface area contributed by atoms with Gasteiger partial charge in [0.05, 0.1) is 22.7 Å². The Morgan fingerprint density at radius 3 is 2.62 bits per heavy atom. The highest BCUT2D eigenvalue weighted by molar-refractivity contribution is 7.94. The maximum atomic E-state index is 12.2. The number of hydrogen-bond acceptors (Lipinski definition) is 5. The average Bonchev–Trinajstić information content (AvgIpc) is 2.89. The van der Waals surface area contributed by atoms with Crippen LogP contribution in [0.1, 0.15) is 4.88 Å². The standard InChI is InChI=1S/C12H11ClN2O3S3/c1-18-9-3-2-7(6-8(9)13)15-21(16,17)11-5-4-10(20-11)12(14)19/h2-6,15H,1H3,(H2,14,19). The lowest BCUT2D eigenvalue weighted by Crippen LogP contribution is -2.11. The summed E-state index contributed by atoms with van der Waals surface area (Å²) in [5, 5.41) is 0.313. The fourth-order valence-corrected chi connectivity index (χ4v) is 4.19. The molecular formula is C12H11ClN2O3S3. The monoisotopic (exact) mass is 362 g/mol. The Labute approximate surface area is 136 Å². The zero-order valence-corrected chi connectivity index (χ0v) is 14.0. The van der Waals surface area contributed by atoms with Crippen LogP contribution in [-0.2, 0) is 10.0 Å². The van der Waals surface area contributed by atoms with E-state index in [-0.39, 0.29) is 9.20 Å². The van der Waals surface area contributed by atoms with E-state index in [0.29, 0.717) is 21.3 Å². The number of benzene rings is 1. The van der Waals surface area contributed by atoms with Crippen molar-refractivity contribution in [1.82, 2.24) is 0 Å². The Morgan fingerprint density at radius 1 is 1.38 bits per heavy atom. The fraction of sp³-hybridized carbons (Fsp3) is 0.0833. The van der Waals surface area contributed by atoms with Crippen LogP contribution < -0.4 is 15.2 Å². The zero-order chi connectivity index (χ0) is 15.6. The fourth-order valence-electron chi connectivity index (χ4n) is 1.53. The Morgan fingerprint density at radius 2 is 2.10 bits per heavy atom. The summed E-state index contributed by atoms with van der Waals surface area (Å²) in [7, 11) is -2.23. The third-order valence-electron chi connectivity index (χ3n) is 2.49. The van der Waals surface area contributed by atoms with E-state index in [1.165, 1.54) is 19.2 Å². The van der Waals surface area contributed by atoms with Crippen molar-refractivity contribution in [3.8, 4) is 5.75 Å². The largest absolute Gasteiger partial charge is 0.495 e. The third kappa shape index (κ3) is 3.65. The van der Waals surface area contributed by atoms with Crippen LogP contribution >= 0.6 is 35.2 Å². The van der Waals surface area contributed by atoms with E-state index in [1.807, 2.05) is 0 Å². The number of rotatable bonds is 5. The number of ether oxygens (including phenoxy) is 1. The smallest absolute Gasteiger partial charge is 0.271 e. The molecule has 0 unspecified atom stereocenters. The van der Waals surface area contributed by atoms with Crippen molar-refractivity contribution in [2.24, 2.45) is 5.73 Å². The number of anilines is 1. The number of nitrogens with two attached hydrogens (primary N) is 1. The molecule has 0 atom stereocenters. The minimum atomic E-state index is -3.71. The summed E-state index contributed by atoms with van der Waals surface area (Å²) in [4.78, 5) is 0.701. The van der Waals surface area contributed by atoms with Crippen LogP contribution in [-0.4, -0.2) is 20.5 Å². The van der Waals surface area contributed by atoms with Gasteiger partial charge in [-0.2, -0.15) is 0 Å². The molecule has 0 aliphatic heterocycles. The SMILES string of the molecule is COc1ccc(NS(=O)(=O)c2ccc(C(N)=S)s2)cc1Cl. The first-order chi connectivity index (χ1) is 9.83. The van der Waals surface area contributed by atoms with Gasteiger partial charge in [-0.05, 0) is 30.3 Å². The highest BCUT2D eigenvalue weighted by Crippen LogP contribution is 2.29. The molecule has 0 amide bonds. The molecule has 0 fully saturated rings. The molecular weight excluding hydrogens is 352 g/mol. The third-order valence-corrected chi connectivity index (χ3v) is 6.13. The van der Waals surface area contributed by atoms with Gasteiger partial charge in [0, 0.05) is 0 Å². The van der Waals surface area contributed by atoms with Crippen molar-refractivity contribution < 1.29 is 13.2 Å². The predicted molar refractivity (Wildman–Crippen MR) is 89.0 cm³/mol. The normalized spacial score (nSPS) is 11.1. The molecule has 5 nitrogen and oxygen atoms in total. The lowest BCUT2D eigenvalue weighted by Gasteiger charge is -2.08. The van der Waals surface area contributed by atoms with E-state index in [4.69, 9.17) is 34.3 Å². The van der Waals surface area contributed by atoms with Crippen molar-refractivity contribution in [2.75, 3.05) is 11.8 Å². The average molecular weight is 363 g/mol. The topological polar surface area (TPSA) is 81.4 Å². The first-order valence-electron chi connectivity index (χ1n) is 5.59. The van der Waals surface area contributed by atoms with Gasteiger partial charge < -0.3 is 10.5 Å². The number of halogens is 1. The second-order valence-corrected chi connectivity index (χ2v) is 7.78. The minimum absolute atomic E-state index is 0.122. The summed E-state index contributed by atoms with van der Waals surface area (Å²) in [6, 6.07) is 7.63. The molecule has 1 aromatic heterocycles. The van der Waals surface area contributed by atoms with Gasteiger partial charge in [0.15, 0.2) is 0 Å². The molecule has 0 spiro atoms. The van der Waals surface area contributed by atoms with Gasteiger partial charge in [-0.1, -0.05) is 23.8 Å². The maximum absolute atomic E-state index is 12.2. The van der Waals surface area contributed by atoms with E-state index in [0.717, 1.165) is 11.3 Å². The molecule has 1 heterocycles. The maximum Gasteiger partial charge on any atom is 0.271 e. The van der Waals surface area contributed by atoms with Gasteiger partial charge in [0.1, 0.15) is 14.9 Å². The molecule has 2 rings (SSSR count). The highest BCUT2D eigenvalue weighted by Gasteiger charge is 2.18. The van der Waals surface area contributed by atoms with Crippen LogP contribution in [0, 0.1) is 0 Å².